The maximum atomic E-state index is 13.2. The smallest absolute Gasteiger partial charge is 0.332 e. The lowest BCUT2D eigenvalue weighted by molar-refractivity contribution is -0.116. The topological polar surface area (TPSA) is 117 Å². The Labute approximate surface area is 188 Å². The van der Waals surface area contributed by atoms with Gasteiger partial charge in [-0.1, -0.05) is 6.07 Å². The second-order valence-corrected chi connectivity index (χ2v) is 7.07. The Morgan fingerprint density at radius 3 is 2.45 bits per heavy atom. The molecule has 0 aliphatic heterocycles. The highest BCUT2D eigenvalue weighted by atomic mass is 16.5. The SMILES string of the molecule is COc1ccc(NC(=O)Cn2c(=O)n(Cc3ccccn3)c(=O)c3ncccc32)cc1OC. The molecule has 33 heavy (non-hydrogen) atoms. The molecule has 3 heterocycles. The number of nitrogens with one attached hydrogen (secondary N) is 1. The second-order valence-electron chi connectivity index (χ2n) is 7.07. The van der Waals surface area contributed by atoms with Gasteiger partial charge in [-0.2, -0.15) is 0 Å². The van der Waals surface area contributed by atoms with E-state index in [1.165, 1.54) is 25.0 Å². The predicted molar refractivity (Wildman–Crippen MR) is 122 cm³/mol. The zero-order valence-electron chi connectivity index (χ0n) is 18.0. The molecule has 0 unspecified atom stereocenters. The average molecular weight is 447 g/mol. The third-order valence-electron chi connectivity index (χ3n) is 5.00. The summed E-state index contributed by atoms with van der Waals surface area (Å²) in [4.78, 5) is 47.3. The van der Waals surface area contributed by atoms with Crippen molar-refractivity contribution in [3.63, 3.8) is 0 Å². The number of carbonyl (C=O) groups is 1. The number of benzene rings is 1. The quantitative estimate of drug-likeness (QED) is 0.458. The van der Waals surface area contributed by atoms with E-state index in [1.54, 1.807) is 54.7 Å². The Morgan fingerprint density at radius 1 is 0.939 bits per heavy atom. The first-order chi connectivity index (χ1) is 16.0. The lowest BCUT2D eigenvalue weighted by atomic mass is 10.2. The van der Waals surface area contributed by atoms with Crippen molar-refractivity contribution in [2.24, 2.45) is 0 Å². The van der Waals surface area contributed by atoms with Crippen LogP contribution in [-0.2, 0) is 17.9 Å². The van der Waals surface area contributed by atoms with Crippen LogP contribution >= 0.6 is 0 Å². The summed E-state index contributed by atoms with van der Waals surface area (Å²) in [5.41, 5.74) is 0.189. The maximum Gasteiger partial charge on any atom is 0.332 e. The molecule has 0 radical (unpaired) electrons. The van der Waals surface area contributed by atoms with E-state index in [4.69, 9.17) is 9.47 Å². The molecule has 0 atom stereocenters. The minimum absolute atomic E-state index is 0.0394. The van der Waals surface area contributed by atoms with Crippen molar-refractivity contribution in [3.8, 4) is 11.5 Å². The fourth-order valence-electron chi connectivity index (χ4n) is 3.45. The van der Waals surface area contributed by atoms with Gasteiger partial charge in [0, 0.05) is 24.1 Å². The highest BCUT2D eigenvalue weighted by Crippen LogP contribution is 2.29. The first kappa shape index (κ1) is 21.8. The van der Waals surface area contributed by atoms with Gasteiger partial charge in [0.15, 0.2) is 17.0 Å². The van der Waals surface area contributed by atoms with E-state index in [9.17, 15) is 14.4 Å². The largest absolute Gasteiger partial charge is 0.493 e. The number of methoxy groups -OCH3 is 2. The molecule has 0 saturated heterocycles. The summed E-state index contributed by atoms with van der Waals surface area (Å²) >= 11 is 0. The summed E-state index contributed by atoms with van der Waals surface area (Å²) in [6.45, 7) is -0.361. The predicted octanol–water partition coefficient (Wildman–Crippen LogP) is 1.66. The van der Waals surface area contributed by atoms with E-state index in [1.807, 2.05) is 0 Å². The van der Waals surface area contributed by atoms with Crippen LogP contribution in [0.25, 0.3) is 11.0 Å². The van der Waals surface area contributed by atoms with Crippen LogP contribution in [0.5, 0.6) is 11.5 Å². The van der Waals surface area contributed by atoms with E-state index in [0.29, 0.717) is 22.9 Å². The van der Waals surface area contributed by atoms with Crippen LogP contribution in [0.2, 0.25) is 0 Å². The lowest BCUT2D eigenvalue weighted by Gasteiger charge is -2.14. The van der Waals surface area contributed by atoms with Gasteiger partial charge in [0.2, 0.25) is 5.91 Å². The van der Waals surface area contributed by atoms with Crippen LogP contribution in [0.4, 0.5) is 5.69 Å². The first-order valence-corrected chi connectivity index (χ1v) is 10.0. The summed E-state index contributed by atoms with van der Waals surface area (Å²) in [6, 6.07) is 13.3. The van der Waals surface area contributed by atoms with Gasteiger partial charge in [0.05, 0.1) is 32.0 Å². The van der Waals surface area contributed by atoms with Gasteiger partial charge in [-0.05, 0) is 36.4 Å². The van der Waals surface area contributed by atoms with Gasteiger partial charge in [0.1, 0.15) is 6.54 Å². The van der Waals surface area contributed by atoms with Gasteiger partial charge in [0.25, 0.3) is 5.56 Å². The number of rotatable bonds is 7. The number of hydrogen-bond acceptors (Lipinski definition) is 7. The number of pyridine rings is 2. The summed E-state index contributed by atoms with van der Waals surface area (Å²) < 4.78 is 12.7. The molecule has 168 valence electrons. The zero-order chi connectivity index (χ0) is 23.4. The number of carbonyl (C=O) groups excluding carboxylic acids is 1. The molecule has 10 nitrogen and oxygen atoms in total. The Kier molecular flexibility index (Phi) is 6.16. The van der Waals surface area contributed by atoms with Crippen molar-refractivity contribution in [1.29, 1.82) is 0 Å². The van der Waals surface area contributed by atoms with Crippen molar-refractivity contribution in [2.45, 2.75) is 13.1 Å². The van der Waals surface area contributed by atoms with Gasteiger partial charge < -0.3 is 14.8 Å². The minimum atomic E-state index is -0.631. The molecule has 1 aromatic carbocycles. The van der Waals surface area contributed by atoms with Gasteiger partial charge >= 0.3 is 5.69 Å². The second kappa shape index (κ2) is 9.35. The monoisotopic (exact) mass is 447 g/mol. The van der Waals surface area contributed by atoms with Crippen molar-refractivity contribution in [3.05, 3.63) is 87.5 Å². The number of amides is 1. The Hall–Kier alpha value is -4.47. The third kappa shape index (κ3) is 4.45. The van der Waals surface area contributed by atoms with Crippen LogP contribution in [0.3, 0.4) is 0 Å². The zero-order valence-corrected chi connectivity index (χ0v) is 18.0. The molecule has 0 saturated carbocycles. The standard InChI is InChI=1S/C23H21N5O5/c1-32-18-9-8-15(12-19(18)33-2)26-20(29)14-27-17-7-5-11-25-21(17)22(30)28(23(27)31)13-16-6-3-4-10-24-16/h3-12H,13-14H2,1-2H3,(H,26,29). The van der Waals surface area contributed by atoms with Crippen LogP contribution in [0, 0.1) is 0 Å². The van der Waals surface area contributed by atoms with Gasteiger partial charge in [-0.3, -0.25) is 23.7 Å². The molecule has 4 rings (SSSR count). The number of nitrogens with zero attached hydrogens (tertiary/aromatic N) is 4. The van der Waals surface area contributed by atoms with E-state index in [-0.39, 0.29) is 24.1 Å². The van der Waals surface area contributed by atoms with Crippen molar-refractivity contribution >= 4 is 22.6 Å². The molecule has 4 aromatic rings. The Morgan fingerprint density at radius 2 is 1.73 bits per heavy atom. The molecule has 1 amide bonds. The highest BCUT2D eigenvalue weighted by molar-refractivity contribution is 5.91. The van der Waals surface area contributed by atoms with E-state index >= 15 is 0 Å². The number of hydrogen-bond donors (Lipinski definition) is 1. The normalized spacial score (nSPS) is 10.7. The fourth-order valence-corrected chi connectivity index (χ4v) is 3.45. The van der Waals surface area contributed by atoms with Crippen LogP contribution in [0.1, 0.15) is 5.69 Å². The van der Waals surface area contributed by atoms with E-state index in [0.717, 1.165) is 4.57 Å². The number of ether oxygens (including phenoxy) is 2. The molecule has 0 bridgehead atoms. The molecule has 0 fully saturated rings. The molecular formula is C23H21N5O5. The Balaban J connectivity index is 1.70. The van der Waals surface area contributed by atoms with Crippen molar-refractivity contribution < 1.29 is 14.3 Å². The molecule has 0 spiro atoms. The van der Waals surface area contributed by atoms with Crippen LogP contribution in [-0.4, -0.2) is 39.2 Å². The highest BCUT2D eigenvalue weighted by Gasteiger charge is 2.17. The third-order valence-corrected chi connectivity index (χ3v) is 5.00. The number of aromatic nitrogens is 4. The summed E-state index contributed by atoms with van der Waals surface area (Å²) in [5, 5.41) is 2.74. The number of fused-ring (bicyclic) bond motifs is 1. The minimum Gasteiger partial charge on any atom is -0.493 e. The first-order valence-electron chi connectivity index (χ1n) is 10.0. The maximum absolute atomic E-state index is 13.2. The molecular weight excluding hydrogens is 426 g/mol. The molecule has 10 heteroatoms. The van der Waals surface area contributed by atoms with E-state index in [2.05, 4.69) is 15.3 Å². The lowest BCUT2D eigenvalue weighted by Crippen LogP contribution is -2.42. The van der Waals surface area contributed by atoms with Crippen molar-refractivity contribution in [2.75, 3.05) is 19.5 Å². The summed E-state index contributed by atoms with van der Waals surface area (Å²) in [7, 11) is 3.01. The summed E-state index contributed by atoms with van der Waals surface area (Å²) in [6.07, 6.45) is 3.04. The molecule has 0 aliphatic carbocycles. The molecule has 0 aliphatic rings. The van der Waals surface area contributed by atoms with Crippen molar-refractivity contribution in [1.82, 2.24) is 19.1 Å². The summed E-state index contributed by atoms with van der Waals surface area (Å²) in [5.74, 6) is 0.508. The number of anilines is 1. The molecule has 3 aromatic heterocycles. The van der Waals surface area contributed by atoms with Gasteiger partial charge in [-0.15, -0.1) is 0 Å². The van der Waals surface area contributed by atoms with E-state index < -0.39 is 17.2 Å². The fraction of sp³-hybridized carbons (Fsp3) is 0.174. The van der Waals surface area contributed by atoms with Crippen LogP contribution < -0.4 is 26.0 Å². The molecule has 1 N–H and O–H groups in total. The van der Waals surface area contributed by atoms with Gasteiger partial charge in [-0.25, -0.2) is 9.78 Å². The average Bonchev–Trinajstić information content (AvgIpc) is 2.85. The van der Waals surface area contributed by atoms with Crippen LogP contribution in [0.15, 0.2) is 70.5 Å². The Bertz CT molecular complexity index is 1430.